The molecular formula is C35H30ClF3N4O6. The molecule has 0 radical (unpaired) electrons. The number of methoxy groups -OCH3 is 1. The molecule has 3 fully saturated rings. The number of carbonyl (C=O) groups excluding carboxylic acids is 4. The van der Waals surface area contributed by atoms with Gasteiger partial charge in [0.2, 0.25) is 11.8 Å². The van der Waals surface area contributed by atoms with Gasteiger partial charge >= 0.3 is 6.18 Å². The van der Waals surface area contributed by atoms with E-state index in [0.29, 0.717) is 22.9 Å². The minimum atomic E-state index is -4.80. The van der Waals surface area contributed by atoms with Crippen LogP contribution in [0.1, 0.15) is 36.9 Å². The number of carbonyl (C=O) groups is 4. The summed E-state index contributed by atoms with van der Waals surface area (Å²) in [5.41, 5.74) is -1.00. The minimum Gasteiger partial charge on any atom is -0.504 e. The number of ether oxygens (including phenoxy) is 1. The Bertz CT molecular complexity index is 1950. The highest BCUT2D eigenvalue weighted by Crippen LogP contribution is 2.64. The van der Waals surface area contributed by atoms with E-state index in [1.54, 1.807) is 49.4 Å². The number of fused-ring (bicyclic) bond motifs is 4. The maximum Gasteiger partial charge on any atom is 0.433 e. The number of hydrazine groups is 1. The van der Waals surface area contributed by atoms with E-state index in [2.05, 4.69) is 4.98 Å². The molecular weight excluding hydrogens is 665 g/mol. The van der Waals surface area contributed by atoms with Gasteiger partial charge in [0.25, 0.3) is 11.8 Å². The number of alkyl halides is 3. The summed E-state index contributed by atoms with van der Waals surface area (Å²) < 4.78 is 45.9. The number of hydrogen-bond acceptors (Lipinski definition) is 8. The number of benzene rings is 2. The minimum absolute atomic E-state index is 0.0647. The number of phenolic OH excluding ortho intramolecular Hbond substituents is 1. The smallest absolute Gasteiger partial charge is 0.433 e. The van der Waals surface area contributed by atoms with Crippen LogP contribution in [0.3, 0.4) is 0 Å². The van der Waals surface area contributed by atoms with Crippen molar-refractivity contribution in [3.05, 3.63) is 88.6 Å². The first kappa shape index (κ1) is 32.6. The Hall–Kier alpha value is -4.91. The molecule has 4 amide bonds. The van der Waals surface area contributed by atoms with Gasteiger partial charge in [-0.15, -0.1) is 0 Å². The molecule has 2 saturated heterocycles. The summed E-state index contributed by atoms with van der Waals surface area (Å²) >= 11 is 6.24. The van der Waals surface area contributed by atoms with E-state index in [4.69, 9.17) is 16.3 Å². The lowest BCUT2D eigenvalue weighted by Gasteiger charge is -2.49. The van der Waals surface area contributed by atoms with Gasteiger partial charge in [-0.2, -0.15) is 18.2 Å². The molecule has 3 heterocycles. The molecule has 1 N–H and O–H groups in total. The Morgan fingerprint density at radius 1 is 1.00 bits per heavy atom. The lowest BCUT2D eigenvalue weighted by Crippen LogP contribution is -2.49. The molecule has 2 aromatic carbocycles. The number of nitrogens with zero attached hydrogens (tertiary/aromatic N) is 4. The van der Waals surface area contributed by atoms with Crippen LogP contribution in [-0.2, 0) is 25.4 Å². The van der Waals surface area contributed by atoms with Gasteiger partial charge in [-0.1, -0.05) is 47.5 Å². The maximum absolute atomic E-state index is 14.5. The summed E-state index contributed by atoms with van der Waals surface area (Å²) in [7, 11) is 2.64. The number of imide groups is 2. The second-order valence-corrected chi connectivity index (χ2v) is 13.3. The number of aromatic nitrogens is 1. The molecule has 0 bridgehead atoms. The fourth-order valence-electron chi connectivity index (χ4n) is 8.30. The van der Waals surface area contributed by atoms with Gasteiger partial charge in [0, 0.05) is 13.0 Å². The molecule has 6 atom stereocenters. The van der Waals surface area contributed by atoms with Gasteiger partial charge in [0.05, 0.1) is 41.0 Å². The fraction of sp³-hybridized carbons (Fsp3) is 0.343. The van der Waals surface area contributed by atoms with Crippen LogP contribution in [0.2, 0.25) is 5.02 Å². The summed E-state index contributed by atoms with van der Waals surface area (Å²) in [6, 6.07) is 15.0. The van der Waals surface area contributed by atoms with Crippen molar-refractivity contribution in [2.75, 3.05) is 24.1 Å². The van der Waals surface area contributed by atoms with Crippen LogP contribution in [0.15, 0.2) is 72.3 Å². The first-order valence-electron chi connectivity index (χ1n) is 15.6. The van der Waals surface area contributed by atoms with Crippen LogP contribution in [0.25, 0.3) is 0 Å². The number of halogens is 4. The third-order valence-corrected chi connectivity index (χ3v) is 10.8. The SMILES string of the molecule is COc1ccc(C2C3=CCC4C(=O)N(N(C)c5nc(C(F)(F)F)ccc5Cl)C(=O)C4C3CC3C(=O)N(c4ccccc4)C(=O)C32C)cc1O. The Labute approximate surface area is 283 Å². The molecule has 3 aromatic rings. The monoisotopic (exact) mass is 694 g/mol. The number of amides is 4. The Morgan fingerprint density at radius 2 is 1.71 bits per heavy atom. The maximum atomic E-state index is 14.5. The predicted octanol–water partition coefficient (Wildman–Crippen LogP) is 5.75. The highest BCUT2D eigenvalue weighted by atomic mass is 35.5. The summed E-state index contributed by atoms with van der Waals surface area (Å²) in [4.78, 5) is 61.7. The summed E-state index contributed by atoms with van der Waals surface area (Å²) in [5, 5.41) is 12.3. The van der Waals surface area contributed by atoms with Gasteiger partial charge in [-0.05, 0) is 67.6 Å². The van der Waals surface area contributed by atoms with E-state index in [1.807, 2.05) is 6.08 Å². The van der Waals surface area contributed by atoms with Crippen LogP contribution >= 0.6 is 11.6 Å². The van der Waals surface area contributed by atoms with Crippen molar-refractivity contribution in [1.29, 1.82) is 0 Å². The van der Waals surface area contributed by atoms with E-state index >= 15 is 0 Å². The van der Waals surface area contributed by atoms with Gasteiger partial charge in [-0.3, -0.25) is 24.2 Å². The average Bonchev–Trinajstić information content (AvgIpc) is 3.43. The number of phenols is 1. The van der Waals surface area contributed by atoms with Crippen LogP contribution in [0, 0.1) is 29.1 Å². The molecule has 4 aliphatic rings. The molecule has 254 valence electrons. The zero-order valence-corrected chi connectivity index (χ0v) is 27.2. The van der Waals surface area contributed by atoms with E-state index in [0.717, 1.165) is 16.1 Å². The van der Waals surface area contributed by atoms with Crippen molar-refractivity contribution in [3.8, 4) is 11.5 Å². The highest BCUT2D eigenvalue weighted by molar-refractivity contribution is 6.33. The molecule has 0 spiro atoms. The topological polar surface area (TPSA) is 120 Å². The number of allylic oxidation sites excluding steroid dienone is 2. The predicted molar refractivity (Wildman–Crippen MR) is 170 cm³/mol. The lowest BCUT2D eigenvalue weighted by molar-refractivity contribution is -0.141. The number of anilines is 2. The molecule has 6 unspecified atom stereocenters. The average molecular weight is 695 g/mol. The largest absolute Gasteiger partial charge is 0.504 e. The van der Waals surface area contributed by atoms with Gasteiger partial charge < -0.3 is 9.84 Å². The molecule has 2 aliphatic heterocycles. The summed E-state index contributed by atoms with van der Waals surface area (Å²) in [6.07, 6.45) is -2.81. The van der Waals surface area contributed by atoms with Crippen LogP contribution < -0.4 is 14.6 Å². The Kier molecular flexibility index (Phi) is 7.54. The second kappa shape index (κ2) is 11.3. The number of aromatic hydroxyl groups is 1. The molecule has 14 heteroatoms. The van der Waals surface area contributed by atoms with E-state index in [-0.39, 0.29) is 29.4 Å². The quantitative estimate of drug-likeness (QED) is 0.265. The summed E-state index contributed by atoms with van der Waals surface area (Å²) in [5.74, 6) is -6.89. The summed E-state index contributed by atoms with van der Waals surface area (Å²) in [6.45, 7) is 1.72. The lowest BCUT2D eigenvalue weighted by atomic mass is 9.51. The molecule has 10 nitrogen and oxygen atoms in total. The Morgan fingerprint density at radius 3 is 2.37 bits per heavy atom. The van der Waals surface area contributed by atoms with E-state index < -0.39 is 76.3 Å². The van der Waals surface area contributed by atoms with E-state index in [1.165, 1.54) is 25.1 Å². The normalized spacial score (nSPS) is 27.9. The fourth-order valence-corrected chi connectivity index (χ4v) is 8.52. The number of hydrogen-bond donors (Lipinski definition) is 1. The highest BCUT2D eigenvalue weighted by Gasteiger charge is 2.68. The van der Waals surface area contributed by atoms with E-state index in [9.17, 15) is 37.5 Å². The standard InChI is InChI=1S/C35H30ClF3N4O6/c1-34-22(31(46)42(33(34)48)18-7-5-4-6-8-18)16-21-19(28(34)17-9-13-25(49-3)24(44)15-17)10-11-20-27(21)32(47)43(30(20)45)41(2)29-23(36)12-14-26(40-29)35(37,38)39/h4-10,12-15,20-22,27-28,44H,11,16H2,1-3H3. The second-order valence-electron chi connectivity index (χ2n) is 12.9. The number of pyridine rings is 1. The van der Waals surface area contributed by atoms with Crippen LogP contribution in [-0.4, -0.2) is 52.9 Å². The van der Waals surface area contributed by atoms with Crippen molar-refractivity contribution < 1.29 is 42.2 Å². The van der Waals surface area contributed by atoms with Crippen molar-refractivity contribution >= 4 is 46.7 Å². The third-order valence-electron chi connectivity index (χ3n) is 10.5. The number of rotatable bonds is 5. The van der Waals surface area contributed by atoms with Gasteiger partial charge in [0.1, 0.15) is 5.69 Å². The van der Waals surface area contributed by atoms with Crippen molar-refractivity contribution in [2.45, 2.75) is 31.9 Å². The van der Waals surface area contributed by atoms with Gasteiger partial charge in [0.15, 0.2) is 17.3 Å². The third kappa shape index (κ3) is 4.72. The Balaban J connectivity index is 1.33. The van der Waals surface area contributed by atoms with Crippen molar-refractivity contribution in [2.24, 2.45) is 29.1 Å². The van der Waals surface area contributed by atoms with Gasteiger partial charge in [-0.25, -0.2) is 9.88 Å². The molecule has 1 saturated carbocycles. The molecule has 7 rings (SSSR count). The first-order valence-corrected chi connectivity index (χ1v) is 15.9. The van der Waals surface area contributed by atoms with Crippen LogP contribution in [0.4, 0.5) is 24.7 Å². The molecule has 49 heavy (non-hydrogen) atoms. The first-order chi connectivity index (χ1) is 23.2. The van der Waals surface area contributed by atoms with Crippen molar-refractivity contribution in [3.63, 3.8) is 0 Å². The van der Waals surface area contributed by atoms with Crippen LogP contribution in [0.5, 0.6) is 11.5 Å². The number of para-hydroxylation sites is 1. The van der Waals surface area contributed by atoms with Crippen molar-refractivity contribution in [1.82, 2.24) is 9.99 Å². The molecule has 2 aliphatic carbocycles. The zero-order chi connectivity index (χ0) is 35.2. The zero-order valence-electron chi connectivity index (χ0n) is 26.4. The molecule has 1 aromatic heterocycles.